The normalized spacial score (nSPS) is 12.3. The van der Waals surface area contributed by atoms with E-state index in [1.807, 2.05) is 24.5 Å². The van der Waals surface area contributed by atoms with Crippen molar-refractivity contribution in [3.05, 3.63) is 76.6 Å². The van der Waals surface area contributed by atoms with Crippen LogP contribution in [0.1, 0.15) is 31.9 Å². The van der Waals surface area contributed by atoms with Crippen LogP contribution in [-0.2, 0) is 5.41 Å². The quantitative estimate of drug-likeness (QED) is 0.218. The van der Waals surface area contributed by atoms with Gasteiger partial charge >= 0.3 is 0 Å². The van der Waals surface area contributed by atoms with E-state index < -0.39 is 0 Å². The summed E-state index contributed by atoms with van der Waals surface area (Å²) in [7, 11) is 0. The number of rotatable bonds is 5. The van der Waals surface area contributed by atoms with Crippen molar-refractivity contribution in [2.75, 3.05) is 6.54 Å². The summed E-state index contributed by atoms with van der Waals surface area (Å²) in [6.07, 6.45) is 5.43. The van der Waals surface area contributed by atoms with Crippen molar-refractivity contribution in [1.82, 2.24) is 5.32 Å². The average Bonchev–Trinajstić information content (AvgIpc) is 2.61. The summed E-state index contributed by atoms with van der Waals surface area (Å²) in [5, 5.41) is 14.9. The summed E-state index contributed by atoms with van der Waals surface area (Å²) in [4.78, 5) is 0.372. The largest absolute Gasteiger partial charge is 0.502 e. The number of hydrogen-bond donors (Lipinski definition) is 2. The highest BCUT2D eigenvalue weighted by Crippen LogP contribution is 2.28. The standard InChI is InChI=1S/C21H22Cl2N2OS/c1-5-10-24-20(27)18(19(26)16-13-15(22)6-7-17(16)23)25-11-8-14(9-12-25)21(2,3)4/h5-9,11-13H,1,10H2,2-4H3,(H-,24,26,27)/p+1. The third-order valence-corrected chi connectivity index (χ3v) is 4.89. The van der Waals surface area contributed by atoms with Gasteiger partial charge in [-0.25, -0.2) is 0 Å². The maximum Gasteiger partial charge on any atom is 0.288 e. The molecule has 2 N–H and O–H groups in total. The molecule has 0 bridgehead atoms. The fraction of sp³-hybridized carbons (Fsp3) is 0.238. The molecule has 1 aromatic carbocycles. The van der Waals surface area contributed by atoms with Crippen LogP contribution in [0.2, 0.25) is 10.0 Å². The first kappa shape index (κ1) is 21.4. The van der Waals surface area contributed by atoms with Crippen LogP contribution in [0.4, 0.5) is 0 Å². The zero-order valence-electron chi connectivity index (χ0n) is 15.6. The number of aliphatic hydroxyl groups excluding tert-OH is 1. The summed E-state index contributed by atoms with van der Waals surface area (Å²) in [6, 6.07) is 8.92. The number of thiocarbonyl (C=S) groups is 1. The number of pyridine rings is 1. The molecule has 2 aromatic rings. The molecule has 0 radical (unpaired) electrons. The maximum absolute atomic E-state index is 11.0. The maximum atomic E-state index is 11.0. The Morgan fingerprint density at radius 2 is 1.85 bits per heavy atom. The highest BCUT2D eigenvalue weighted by atomic mass is 35.5. The molecule has 0 saturated heterocycles. The molecule has 142 valence electrons. The summed E-state index contributed by atoms with van der Waals surface area (Å²) < 4.78 is 1.76. The molecule has 0 aliphatic heterocycles. The Labute approximate surface area is 175 Å². The molecule has 0 aliphatic rings. The van der Waals surface area contributed by atoms with Crippen LogP contribution in [0.3, 0.4) is 0 Å². The van der Waals surface area contributed by atoms with Gasteiger partial charge in [-0.05, 0) is 29.2 Å². The van der Waals surface area contributed by atoms with Crippen LogP contribution in [0, 0.1) is 0 Å². The molecule has 0 atom stereocenters. The first-order valence-electron chi connectivity index (χ1n) is 8.45. The summed E-state index contributed by atoms with van der Waals surface area (Å²) in [6.45, 7) is 10.6. The molecule has 0 amide bonds. The molecule has 3 nitrogen and oxygen atoms in total. The van der Waals surface area contributed by atoms with E-state index in [2.05, 4.69) is 32.7 Å². The van der Waals surface area contributed by atoms with E-state index in [4.69, 9.17) is 35.4 Å². The molecule has 0 saturated carbocycles. The lowest BCUT2D eigenvalue weighted by Crippen LogP contribution is -2.41. The number of nitrogens with zero attached hydrogens (tertiary/aromatic N) is 1. The van der Waals surface area contributed by atoms with Gasteiger partial charge in [-0.1, -0.05) is 62.3 Å². The zero-order chi connectivity index (χ0) is 20.2. The Bertz CT molecular complexity index is 884. The molecular formula is C21H23Cl2N2OS+. The van der Waals surface area contributed by atoms with E-state index in [1.54, 1.807) is 28.8 Å². The van der Waals surface area contributed by atoms with Gasteiger partial charge in [0.15, 0.2) is 17.4 Å². The van der Waals surface area contributed by atoms with Crippen molar-refractivity contribution >= 4 is 51.9 Å². The van der Waals surface area contributed by atoms with Crippen molar-refractivity contribution in [1.29, 1.82) is 0 Å². The number of benzene rings is 1. The Kier molecular flexibility index (Phi) is 7.04. The number of hydrogen-bond acceptors (Lipinski definition) is 2. The Morgan fingerprint density at radius 1 is 1.22 bits per heavy atom. The second kappa shape index (κ2) is 8.87. The molecule has 0 aliphatic carbocycles. The Hall–Kier alpha value is -1.88. The van der Waals surface area contributed by atoms with E-state index >= 15 is 0 Å². The number of aliphatic hydroxyl groups is 1. The van der Waals surface area contributed by atoms with Crippen molar-refractivity contribution < 1.29 is 9.67 Å². The summed E-state index contributed by atoms with van der Waals surface area (Å²) >= 11 is 17.9. The molecular weight excluding hydrogens is 399 g/mol. The van der Waals surface area contributed by atoms with Gasteiger partial charge in [0.2, 0.25) is 5.76 Å². The molecule has 1 aromatic heterocycles. The first-order valence-corrected chi connectivity index (χ1v) is 9.61. The third-order valence-electron chi connectivity index (χ3n) is 3.98. The van der Waals surface area contributed by atoms with E-state index in [1.165, 1.54) is 5.56 Å². The lowest BCUT2D eigenvalue weighted by molar-refractivity contribution is -0.576. The average molecular weight is 422 g/mol. The van der Waals surface area contributed by atoms with E-state index in [-0.39, 0.29) is 11.2 Å². The first-order chi connectivity index (χ1) is 12.6. The van der Waals surface area contributed by atoms with Crippen LogP contribution >= 0.6 is 35.4 Å². The molecule has 2 rings (SSSR count). The van der Waals surface area contributed by atoms with E-state index in [0.29, 0.717) is 32.8 Å². The van der Waals surface area contributed by atoms with Gasteiger partial charge < -0.3 is 10.4 Å². The second-order valence-electron chi connectivity index (χ2n) is 7.06. The molecule has 0 fully saturated rings. The minimum atomic E-state index is -0.0578. The lowest BCUT2D eigenvalue weighted by atomic mass is 9.88. The van der Waals surface area contributed by atoms with Gasteiger partial charge in [-0.3, -0.25) is 0 Å². The molecule has 6 heteroatoms. The Balaban J connectivity index is 2.62. The van der Waals surface area contributed by atoms with Crippen LogP contribution < -0.4 is 9.88 Å². The topological polar surface area (TPSA) is 36.1 Å². The lowest BCUT2D eigenvalue weighted by Gasteiger charge is -2.18. The number of halogens is 2. The smallest absolute Gasteiger partial charge is 0.288 e. The number of aromatic nitrogens is 1. The van der Waals surface area contributed by atoms with Gasteiger partial charge in [0.05, 0.1) is 5.02 Å². The molecule has 1 heterocycles. The minimum Gasteiger partial charge on any atom is -0.502 e. The van der Waals surface area contributed by atoms with E-state index in [0.717, 1.165) is 0 Å². The van der Waals surface area contributed by atoms with Gasteiger partial charge in [0.1, 0.15) is 0 Å². The SMILES string of the molecule is C=CCNC(=S)/C(=C(\O)c1cc(Cl)ccc1Cl)[n+]1ccc(C(C)(C)C)cc1. The Morgan fingerprint density at radius 3 is 2.41 bits per heavy atom. The zero-order valence-corrected chi connectivity index (χ0v) is 17.9. The highest BCUT2D eigenvalue weighted by molar-refractivity contribution is 7.81. The summed E-state index contributed by atoms with van der Waals surface area (Å²) in [5.74, 6) is -0.0578. The van der Waals surface area contributed by atoms with Gasteiger partial charge in [-0.2, -0.15) is 4.57 Å². The van der Waals surface area contributed by atoms with Crippen LogP contribution in [0.15, 0.2) is 55.4 Å². The van der Waals surface area contributed by atoms with Crippen LogP contribution in [0.5, 0.6) is 0 Å². The van der Waals surface area contributed by atoms with Crippen molar-refractivity contribution in [3.8, 4) is 0 Å². The van der Waals surface area contributed by atoms with Gasteiger partial charge in [-0.15, -0.1) is 6.58 Å². The minimum absolute atomic E-state index is 0.0167. The predicted molar refractivity (Wildman–Crippen MR) is 118 cm³/mol. The third kappa shape index (κ3) is 5.32. The van der Waals surface area contributed by atoms with Crippen molar-refractivity contribution in [2.45, 2.75) is 26.2 Å². The van der Waals surface area contributed by atoms with Gasteiger partial charge in [0.25, 0.3) is 5.70 Å². The fourth-order valence-corrected chi connectivity index (χ4v) is 3.14. The number of nitrogens with one attached hydrogen (secondary N) is 1. The van der Waals surface area contributed by atoms with Crippen molar-refractivity contribution in [2.24, 2.45) is 0 Å². The highest BCUT2D eigenvalue weighted by Gasteiger charge is 2.25. The molecule has 0 unspecified atom stereocenters. The van der Waals surface area contributed by atoms with Crippen molar-refractivity contribution in [3.63, 3.8) is 0 Å². The molecule has 27 heavy (non-hydrogen) atoms. The second-order valence-corrected chi connectivity index (χ2v) is 8.32. The summed E-state index contributed by atoms with van der Waals surface area (Å²) in [5.41, 5.74) is 2.01. The van der Waals surface area contributed by atoms with Crippen LogP contribution in [-0.4, -0.2) is 16.6 Å². The van der Waals surface area contributed by atoms with E-state index in [9.17, 15) is 5.11 Å². The monoisotopic (exact) mass is 421 g/mol. The predicted octanol–water partition coefficient (Wildman–Crippen LogP) is 5.57. The fourth-order valence-electron chi connectivity index (χ4n) is 2.48. The van der Waals surface area contributed by atoms with Crippen LogP contribution in [0.25, 0.3) is 11.5 Å². The molecule has 0 spiro atoms. The van der Waals surface area contributed by atoms with Gasteiger partial charge in [0, 0.05) is 29.3 Å².